The van der Waals surface area contributed by atoms with E-state index in [-0.39, 0.29) is 49.5 Å². The molecule has 0 heterocycles. The second-order valence-corrected chi connectivity index (χ2v) is 2.59. The molecule has 0 bridgehead atoms. The largest absolute Gasteiger partial charge is 0.481 e. The van der Waals surface area contributed by atoms with Crippen LogP contribution in [0.3, 0.4) is 0 Å². The summed E-state index contributed by atoms with van der Waals surface area (Å²) in [7, 11) is 0. The number of rotatable bonds is 5. The monoisotopic (exact) mass is 264 g/mol. The first kappa shape index (κ1) is 36.3. The molecule has 96 valence electrons. The van der Waals surface area contributed by atoms with Gasteiger partial charge < -0.3 is 27.0 Å². The average molecular weight is 264 g/mol. The van der Waals surface area contributed by atoms with E-state index in [1.165, 1.54) is 0 Å². The van der Waals surface area contributed by atoms with E-state index in [1.54, 1.807) is 0 Å². The zero-order valence-corrected chi connectivity index (χ0v) is 10.8. The van der Waals surface area contributed by atoms with Gasteiger partial charge in [0.1, 0.15) is 0 Å². The van der Waals surface area contributed by atoms with Crippen molar-refractivity contribution in [1.82, 2.24) is 0 Å². The number of aliphatic carboxylic acids is 1. The van der Waals surface area contributed by atoms with Crippen LogP contribution in [0.2, 0.25) is 0 Å². The fourth-order valence-corrected chi connectivity index (χ4v) is 0.953. The molecule has 0 aliphatic heterocycles. The Balaban J connectivity index is -0.0000000405. The molecule has 0 aromatic carbocycles. The molecule has 0 saturated heterocycles. The summed E-state index contributed by atoms with van der Waals surface area (Å²) in [4.78, 5) is 10.4. The van der Waals surface area contributed by atoms with Crippen LogP contribution < -0.4 is 0 Å². The van der Waals surface area contributed by atoms with Crippen LogP contribution in [0.25, 0.3) is 0 Å². The van der Waals surface area contributed by atoms with Crippen molar-refractivity contribution in [3.63, 3.8) is 0 Å². The smallest absolute Gasteiger partial charge is 0.306 e. The Bertz CT molecular complexity index is 111. The SMILES string of the molecule is CCCCC(CC)C(=O)O.O.O.O.O.[Ti]. The molecule has 0 spiro atoms. The molecule has 0 amide bonds. The van der Waals surface area contributed by atoms with Gasteiger partial charge in [-0.15, -0.1) is 0 Å². The second-order valence-electron chi connectivity index (χ2n) is 2.59. The number of hydrogen-bond donors (Lipinski definition) is 1. The number of unbranched alkanes of at least 4 members (excludes halogenated alkanes) is 1. The first-order chi connectivity index (χ1) is 4.72. The average Bonchev–Trinajstić information content (AvgIpc) is 1.89. The minimum Gasteiger partial charge on any atom is -0.481 e. The summed E-state index contributed by atoms with van der Waals surface area (Å²) in [5.74, 6) is -0.754. The van der Waals surface area contributed by atoms with E-state index >= 15 is 0 Å². The maximum Gasteiger partial charge on any atom is 0.306 e. The molecule has 0 fully saturated rings. The van der Waals surface area contributed by atoms with Crippen molar-refractivity contribution in [1.29, 1.82) is 0 Å². The number of hydrogen-bond acceptors (Lipinski definition) is 1. The molecule has 7 heteroatoms. The topological polar surface area (TPSA) is 163 Å². The van der Waals surface area contributed by atoms with Crippen molar-refractivity contribution in [3.8, 4) is 0 Å². The van der Waals surface area contributed by atoms with Crippen LogP contribution in [0.15, 0.2) is 0 Å². The summed E-state index contributed by atoms with van der Waals surface area (Å²) >= 11 is 0. The maximum absolute atomic E-state index is 10.4. The quantitative estimate of drug-likeness (QED) is 0.629. The maximum atomic E-state index is 10.4. The van der Waals surface area contributed by atoms with E-state index in [9.17, 15) is 4.79 Å². The van der Waals surface area contributed by atoms with Crippen molar-refractivity contribution in [2.45, 2.75) is 39.5 Å². The van der Waals surface area contributed by atoms with Crippen LogP contribution in [0.1, 0.15) is 39.5 Å². The number of carbonyl (C=O) groups is 1. The van der Waals surface area contributed by atoms with Gasteiger partial charge >= 0.3 is 5.97 Å². The Hall–Kier alpha value is 0.0243. The van der Waals surface area contributed by atoms with Gasteiger partial charge in [0.2, 0.25) is 0 Å². The van der Waals surface area contributed by atoms with Gasteiger partial charge in [0.25, 0.3) is 0 Å². The van der Waals surface area contributed by atoms with Crippen LogP contribution in [-0.4, -0.2) is 33.0 Å². The van der Waals surface area contributed by atoms with Gasteiger partial charge in [0, 0.05) is 21.7 Å². The molecule has 0 aliphatic carbocycles. The molecule has 0 aliphatic rings. The van der Waals surface area contributed by atoms with Gasteiger partial charge in [0.15, 0.2) is 0 Å². The zero-order valence-electron chi connectivity index (χ0n) is 9.26. The molecule has 0 aromatic rings. The van der Waals surface area contributed by atoms with Crippen molar-refractivity contribution >= 4 is 5.97 Å². The van der Waals surface area contributed by atoms with Crippen LogP contribution >= 0.6 is 0 Å². The van der Waals surface area contributed by atoms with E-state index in [4.69, 9.17) is 5.11 Å². The zero-order chi connectivity index (χ0) is 7.98. The summed E-state index contributed by atoms with van der Waals surface area (Å²) in [6, 6.07) is 0. The van der Waals surface area contributed by atoms with E-state index < -0.39 is 5.97 Å². The molecule has 0 rings (SSSR count). The Labute approximate surface area is 105 Å². The predicted octanol–water partition coefficient (Wildman–Crippen LogP) is -1.01. The molecule has 1 atom stereocenters. The Morgan fingerprint density at radius 2 is 1.53 bits per heavy atom. The van der Waals surface area contributed by atoms with Crippen molar-refractivity contribution < 1.29 is 53.5 Å². The van der Waals surface area contributed by atoms with Gasteiger partial charge in [-0.2, -0.15) is 0 Å². The predicted molar refractivity (Wildman–Crippen MR) is 55.4 cm³/mol. The summed E-state index contributed by atoms with van der Waals surface area (Å²) in [6.45, 7) is 4.00. The fraction of sp³-hybridized carbons (Fsp3) is 0.875. The van der Waals surface area contributed by atoms with Gasteiger partial charge in [-0.3, -0.25) is 4.79 Å². The summed E-state index contributed by atoms with van der Waals surface area (Å²) in [6.07, 6.45) is 3.71. The molecule has 9 N–H and O–H groups in total. The second kappa shape index (κ2) is 23.7. The molecular weight excluding hydrogens is 240 g/mol. The molecule has 0 aromatic heterocycles. The molecule has 6 nitrogen and oxygen atoms in total. The summed E-state index contributed by atoms with van der Waals surface area (Å²) in [5, 5.41) is 8.60. The normalized spacial score (nSPS) is 8.67. The Morgan fingerprint density at radius 3 is 1.73 bits per heavy atom. The van der Waals surface area contributed by atoms with Gasteiger partial charge in [-0.25, -0.2) is 0 Å². The van der Waals surface area contributed by atoms with Crippen LogP contribution in [0.4, 0.5) is 0 Å². The third-order valence-corrected chi connectivity index (χ3v) is 1.75. The molecule has 1 unspecified atom stereocenters. The van der Waals surface area contributed by atoms with Crippen LogP contribution in [0, 0.1) is 5.92 Å². The Morgan fingerprint density at radius 1 is 1.13 bits per heavy atom. The first-order valence-electron chi connectivity index (χ1n) is 3.95. The summed E-state index contributed by atoms with van der Waals surface area (Å²) in [5.41, 5.74) is 0. The fourth-order valence-electron chi connectivity index (χ4n) is 0.953. The van der Waals surface area contributed by atoms with Crippen molar-refractivity contribution in [3.05, 3.63) is 0 Å². The summed E-state index contributed by atoms with van der Waals surface area (Å²) < 4.78 is 0. The van der Waals surface area contributed by atoms with Gasteiger partial charge in [-0.1, -0.05) is 26.7 Å². The van der Waals surface area contributed by atoms with E-state index in [1.807, 2.05) is 6.92 Å². The van der Waals surface area contributed by atoms with Gasteiger partial charge in [0.05, 0.1) is 5.92 Å². The minimum absolute atomic E-state index is 0. The van der Waals surface area contributed by atoms with E-state index in [0.29, 0.717) is 0 Å². The third kappa shape index (κ3) is 20.2. The third-order valence-electron chi connectivity index (χ3n) is 1.75. The molecular formula is C8H24O6Ti. The standard InChI is InChI=1S/C8H16O2.4H2O.Ti/c1-3-5-6-7(4-2)8(9)10;;;;;/h7H,3-6H2,1-2H3,(H,9,10);4*1H2;. The van der Waals surface area contributed by atoms with Crippen molar-refractivity contribution in [2.75, 3.05) is 0 Å². The molecule has 0 saturated carbocycles. The van der Waals surface area contributed by atoms with Crippen LogP contribution in [-0.2, 0) is 26.5 Å². The van der Waals surface area contributed by atoms with E-state index in [0.717, 1.165) is 25.7 Å². The van der Waals surface area contributed by atoms with Crippen LogP contribution in [0.5, 0.6) is 0 Å². The number of carboxylic acid groups (broad SMARTS) is 1. The van der Waals surface area contributed by atoms with Crippen molar-refractivity contribution in [2.24, 2.45) is 5.92 Å². The van der Waals surface area contributed by atoms with Gasteiger partial charge in [-0.05, 0) is 12.8 Å². The molecule has 0 radical (unpaired) electrons. The minimum atomic E-state index is -0.643. The van der Waals surface area contributed by atoms with E-state index in [2.05, 4.69) is 6.92 Å². The molecule has 15 heavy (non-hydrogen) atoms. The number of carboxylic acids is 1. The first-order valence-corrected chi connectivity index (χ1v) is 3.95. The Kier molecular flexibility index (Phi) is 57.3.